The SMILES string of the molecule is COc1ccc(C2(C)NC(=O)N(CC(=O)c3cc(C)n(-c4cc(C)cc(C)c4)c3C)C2=O)cc1OC. The third-order valence-electron chi connectivity index (χ3n) is 6.73. The molecule has 3 amide bonds. The Morgan fingerprint density at radius 2 is 1.56 bits per heavy atom. The predicted molar refractivity (Wildman–Crippen MR) is 136 cm³/mol. The van der Waals surface area contributed by atoms with Crippen molar-refractivity contribution in [1.29, 1.82) is 0 Å². The monoisotopic (exact) mass is 489 g/mol. The molecule has 1 aliphatic rings. The Balaban J connectivity index is 1.62. The molecule has 0 bridgehead atoms. The zero-order valence-corrected chi connectivity index (χ0v) is 21.7. The van der Waals surface area contributed by atoms with E-state index in [2.05, 4.69) is 23.5 Å². The first-order valence-electron chi connectivity index (χ1n) is 11.7. The van der Waals surface area contributed by atoms with Gasteiger partial charge in [0, 0.05) is 22.6 Å². The molecule has 1 aromatic heterocycles. The van der Waals surface area contributed by atoms with Crippen LogP contribution in [0.2, 0.25) is 0 Å². The number of methoxy groups -OCH3 is 2. The molecule has 1 saturated heterocycles. The number of rotatable bonds is 7. The van der Waals surface area contributed by atoms with Crippen LogP contribution in [0.25, 0.3) is 5.69 Å². The molecule has 1 fully saturated rings. The highest BCUT2D eigenvalue weighted by Gasteiger charge is 2.49. The Kier molecular flexibility index (Phi) is 6.39. The summed E-state index contributed by atoms with van der Waals surface area (Å²) in [6.45, 7) is 9.13. The highest BCUT2D eigenvalue weighted by atomic mass is 16.5. The standard InChI is InChI=1S/C28H31N3O5/c1-16-10-17(2)12-21(11-16)31-18(3)13-22(19(31)4)23(32)15-30-26(33)28(5,29-27(30)34)20-8-9-24(35-6)25(14-20)36-7/h8-14H,15H2,1-7H3,(H,29,34). The van der Waals surface area contributed by atoms with E-state index < -0.39 is 17.5 Å². The maximum absolute atomic E-state index is 13.4. The lowest BCUT2D eigenvalue weighted by atomic mass is 9.91. The Bertz CT molecular complexity index is 1370. The number of carbonyl (C=O) groups excluding carboxylic acids is 3. The van der Waals surface area contributed by atoms with E-state index in [9.17, 15) is 14.4 Å². The minimum Gasteiger partial charge on any atom is -0.493 e. The minimum absolute atomic E-state index is 0.307. The van der Waals surface area contributed by atoms with Crippen molar-refractivity contribution in [3.05, 3.63) is 76.1 Å². The molecule has 8 nitrogen and oxygen atoms in total. The highest BCUT2D eigenvalue weighted by Crippen LogP contribution is 2.35. The number of imide groups is 1. The zero-order chi connectivity index (χ0) is 26.4. The number of benzene rings is 2. The van der Waals surface area contributed by atoms with Crippen molar-refractivity contribution in [2.45, 2.75) is 40.2 Å². The first-order chi connectivity index (χ1) is 17.0. The number of urea groups is 1. The van der Waals surface area contributed by atoms with Crippen molar-refractivity contribution < 1.29 is 23.9 Å². The van der Waals surface area contributed by atoms with E-state index in [1.807, 2.05) is 32.3 Å². The first-order valence-corrected chi connectivity index (χ1v) is 11.7. The number of amides is 3. The number of aryl methyl sites for hydroxylation is 3. The van der Waals surface area contributed by atoms with Crippen LogP contribution >= 0.6 is 0 Å². The molecule has 0 saturated carbocycles. The van der Waals surface area contributed by atoms with Crippen LogP contribution in [0.15, 0.2) is 42.5 Å². The highest BCUT2D eigenvalue weighted by molar-refractivity contribution is 6.11. The summed E-state index contributed by atoms with van der Waals surface area (Å²) in [6.07, 6.45) is 0. The van der Waals surface area contributed by atoms with E-state index in [0.717, 1.165) is 33.1 Å². The summed E-state index contributed by atoms with van der Waals surface area (Å²) in [6, 6.07) is 12.4. The van der Waals surface area contributed by atoms with Gasteiger partial charge < -0.3 is 19.4 Å². The van der Waals surface area contributed by atoms with Crippen LogP contribution in [0.5, 0.6) is 11.5 Å². The quantitative estimate of drug-likeness (QED) is 0.393. The summed E-state index contributed by atoms with van der Waals surface area (Å²) in [4.78, 5) is 40.6. The Hall–Kier alpha value is -4.07. The molecular weight excluding hydrogens is 458 g/mol. The Labute approximate surface area is 210 Å². The Morgan fingerprint density at radius 3 is 2.17 bits per heavy atom. The van der Waals surface area contributed by atoms with Gasteiger partial charge in [0.2, 0.25) is 0 Å². The number of nitrogens with zero attached hydrogens (tertiary/aromatic N) is 2. The zero-order valence-electron chi connectivity index (χ0n) is 21.7. The minimum atomic E-state index is -1.34. The number of carbonyl (C=O) groups is 3. The lowest BCUT2D eigenvalue weighted by Crippen LogP contribution is -2.41. The average Bonchev–Trinajstić information content (AvgIpc) is 3.25. The fourth-order valence-corrected chi connectivity index (χ4v) is 4.93. The number of ketones is 1. The van der Waals surface area contributed by atoms with Gasteiger partial charge in [-0.25, -0.2) is 4.79 Å². The van der Waals surface area contributed by atoms with E-state index in [1.54, 1.807) is 31.2 Å². The van der Waals surface area contributed by atoms with Crippen LogP contribution in [-0.2, 0) is 10.3 Å². The molecule has 2 heterocycles. The molecule has 1 unspecified atom stereocenters. The van der Waals surface area contributed by atoms with Crippen LogP contribution in [0.4, 0.5) is 4.79 Å². The van der Waals surface area contributed by atoms with Gasteiger partial charge in [-0.2, -0.15) is 0 Å². The largest absolute Gasteiger partial charge is 0.493 e. The molecule has 0 spiro atoms. The van der Waals surface area contributed by atoms with Crippen molar-refractivity contribution in [2.75, 3.05) is 20.8 Å². The second-order valence-electron chi connectivity index (χ2n) is 9.41. The number of aromatic nitrogens is 1. The number of hydrogen-bond acceptors (Lipinski definition) is 5. The van der Waals surface area contributed by atoms with Crippen LogP contribution in [-0.4, -0.2) is 48.0 Å². The summed E-state index contributed by atoms with van der Waals surface area (Å²) < 4.78 is 12.6. The lowest BCUT2D eigenvalue weighted by molar-refractivity contribution is -0.130. The molecule has 4 rings (SSSR count). The molecule has 0 aliphatic carbocycles. The molecule has 0 radical (unpaired) electrons. The summed E-state index contributed by atoms with van der Waals surface area (Å²) in [5, 5.41) is 2.75. The second kappa shape index (κ2) is 9.18. The first kappa shape index (κ1) is 25.0. The van der Waals surface area contributed by atoms with Gasteiger partial charge in [0.05, 0.1) is 20.8 Å². The van der Waals surface area contributed by atoms with Gasteiger partial charge in [0.25, 0.3) is 5.91 Å². The van der Waals surface area contributed by atoms with Crippen molar-refractivity contribution in [2.24, 2.45) is 0 Å². The second-order valence-corrected chi connectivity index (χ2v) is 9.41. The summed E-state index contributed by atoms with van der Waals surface area (Å²) >= 11 is 0. The van der Waals surface area contributed by atoms with E-state index in [0.29, 0.717) is 22.6 Å². The van der Waals surface area contributed by atoms with E-state index in [4.69, 9.17) is 9.47 Å². The summed E-state index contributed by atoms with van der Waals surface area (Å²) in [5.41, 5.74) is 4.54. The predicted octanol–water partition coefficient (Wildman–Crippen LogP) is 4.38. The fourth-order valence-electron chi connectivity index (χ4n) is 4.93. The molecular formula is C28H31N3O5. The number of ether oxygens (including phenoxy) is 2. The average molecular weight is 490 g/mol. The topological polar surface area (TPSA) is 89.9 Å². The number of Topliss-reactive ketones (excluding diaryl/α,β-unsaturated/α-hetero) is 1. The van der Waals surface area contributed by atoms with Gasteiger partial charge in [0.1, 0.15) is 5.54 Å². The van der Waals surface area contributed by atoms with Gasteiger partial charge in [0.15, 0.2) is 17.3 Å². The maximum atomic E-state index is 13.4. The summed E-state index contributed by atoms with van der Waals surface area (Å²) in [7, 11) is 3.02. The molecule has 8 heteroatoms. The van der Waals surface area contributed by atoms with Gasteiger partial charge in [-0.1, -0.05) is 12.1 Å². The molecule has 1 atom stereocenters. The number of nitrogens with one attached hydrogen (secondary N) is 1. The van der Waals surface area contributed by atoms with Crippen molar-refractivity contribution in [1.82, 2.24) is 14.8 Å². The summed E-state index contributed by atoms with van der Waals surface area (Å²) in [5.74, 6) is 0.134. The van der Waals surface area contributed by atoms with Crippen molar-refractivity contribution in [3.63, 3.8) is 0 Å². The van der Waals surface area contributed by atoms with Crippen LogP contribution in [0, 0.1) is 27.7 Å². The smallest absolute Gasteiger partial charge is 0.325 e. The fraction of sp³-hybridized carbons (Fsp3) is 0.321. The lowest BCUT2D eigenvalue weighted by Gasteiger charge is -2.23. The molecule has 3 aromatic rings. The molecule has 188 valence electrons. The Morgan fingerprint density at radius 1 is 0.917 bits per heavy atom. The maximum Gasteiger partial charge on any atom is 0.325 e. The van der Waals surface area contributed by atoms with Crippen LogP contribution in [0.3, 0.4) is 0 Å². The normalized spacial score (nSPS) is 17.4. The molecule has 2 aromatic carbocycles. The van der Waals surface area contributed by atoms with Gasteiger partial charge in [-0.15, -0.1) is 0 Å². The van der Waals surface area contributed by atoms with E-state index in [1.165, 1.54) is 14.2 Å². The molecule has 36 heavy (non-hydrogen) atoms. The molecule has 1 aliphatic heterocycles. The third kappa shape index (κ3) is 4.12. The third-order valence-corrected chi connectivity index (χ3v) is 6.73. The van der Waals surface area contributed by atoms with E-state index >= 15 is 0 Å². The van der Waals surface area contributed by atoms with Crippen LogP contribution in [0.1, 0.15) is 45.4 Å². The van der Waals surface area contributed by atoms with Gasteiger partial charge in [-0.3, -0.25) is 14.5 Å². The van der Waals surface area contributed by atoms with E-state index in [-0.39, 0.29) is 12.3 Å². The van der Waals surface area contributed by atoms with Crippen LogP contribution < -0.4 is 14.8 Å². The number of hydrogen-bond donors (Lipinski definition) is 1. The van der Waals surface area contributed by atoms with Crippen molar-refractivity contribution in [3.8, 4) is 17.2 Å². The van der Waals surface area contributed by atoms with Crippen molar-refractivity contribution >= 4 is 17.7 Å². The van der Waals surface area contributed by atoms with Gasteiger partial charge >= 0.3 is 6.03 Å². The molecule has 1 N–H and O–H groups in total. The van der Waals surface area contributed by atoms with Gasteiger partial charge in [-0.05, 0) is 81.6 Å².